The Labute approximate surface area is 172 Å². The van der Waals surface area contributed by atoms with Crippen molar-refractivity contribution < 1.29 is 13.2 Å². The number of aromatic nitrogens is 1. The third kappa shape index (κ3) is 5.55. The van der Waals surface area contributed by atoms with E-state index in [4.69, 9.17) is 0 Å². The number of nitrogens with zero attached hydrogens (tertiary/aromatic N) is 3. The number of hydrogen-bond donors (Lipinski definition) is 1. The Morgan fingerprint density at radius 1 is 1.07 bits per heavy atom. The molecule has 1 aromatic carbocycles. The molecule has 1 N–H and O–H groups in total. The van der Waals surface area contributed by atoms with Crippen molar-refractivity contribution >= 4 is 21.7 Å². The molecular weight excluding hydrogens is 388 g/mol. The van der Waals surface area contributed by atoms with Crippen molar-refractivity contribution in [3.8, 4) is 0 Å². The highest BCUT2D eigenvalue weighted by Gasteiger charge is 2.30. The average Bonchev–Trinajstić information content (AvgIpc) is 2.75. The Morgan fingerprint density at radius 3 is 2.41 bits per heavy atom. The molecule has 0 radical (unpaired) electrons. The topological polar surface area (TPSA) is 82.6 Å². The first kappa shape index (κ1) is 21.3. The lowest BCUT2D eigenvalue weighted by molar-refractivity contribution is 0.184. The molecule has 7 nitrogen and oxygen atoms in total. The Balaban J connectivity index is 1.55. The highest BCUT2D eigenvalue weighted by Crippen LogP contribution is 2.19. The van der Waals surface area contributed by atoms with Crippen LogP contribution in [0.5, 0.6) is 0 Å². The molecule has 0 bridgehead atoms. The molecule has 1 saturated heterocycles. The normalized spacial score (nSPS) is 15.3. The first-order valence-corrected chi connectivity index (χ1v) is 11.5. The Kier molecular flexibility index (Phi) is 7.22. The number of hydrogen-bond acceptors (Lipinski definition) is 4. The number of carbonyl (C=O) groups excluding carboxylic acids is 1. The van der Waals surface area contributed by atoms with E-state index >= 15 is 0 Å². The second kappa shape index (κ2) is 9.84. The fourth-order valence-electron chi connectivity index (χ4n) is 3.33. The number of rotatable bonds is 7. The summed E-state index contributed by atoms with van der Waals surface area (Å²) in [7, 11) is -3.55. The maximum absolute atomic E-state index is 12.9. The van der Waals surface area contributed by atoms with Gasteiger partial charge in [0, 0.05) is 32.4 Å². The van der Waals surface area contributed by atoms with Crippen LogP contribution in [0.3, 0.4) is 0 Å². The van der Waals surface area contributed by atoms with Gasteiger partial charge >= 0.3 is 6.03 Å². The van der Waals surface area contributed by atoms with Crippen molar-refractivity contribution in [2.75, 3.05) is 31.5 Å². The number of aryl methyl sites for hydroxylation is 1. The van der Waals surface area contributed by atoms with Gasteiger partial charge in [-0.1, -0.05) is 31.9 Å². The maximum atomic E-state index is 12.9. The van der Waals surface area contributed by atoms with Gasteiger partial charge in [0.05, 0.1) is 16.8 Å². The van der Waals surface area contributed by atoms with Gasteiger partial charge in [-0.2, -0.15) is 4.31 Å². The molecule has 1 aromatic heterocycles. The van der Waals surface area contributed by atoms with Crippen LogP contribution in [0.4, 0.5) is 10.5 Å². The van der Waals surface area contributed by atoms with E-state index in [2.05, 4.69) is 17.2 Å². The summed E-state index contributed by atoms with van der Waals surface area (Å²) in [4.78, 5) is 18.3. The van der Waals surface area contributed by atoms with Gasteiger partial charge in [-0.3, -0.25) is 4.98 Å². The van der Waals surface area contributed by atoms with Crippen LogP contribution in [0.15, 0.2) is 53.7 Å². The zero-order valence-electron chi connectivity index (χ0n) is 16.8. The van der Waals surface area contributed by atoms with Crippen LogP contribution in [-0.4, -0.2) is 54.8 Å². The molecule has 1 aliphatic heterocycles. The molecule has 8 heteroatoms. The number of pyridine rings is 1. The van der Waals surface area contributed by atoms with Gasteiger partial charge in [-0.25, -0.2) is 13.2 Å². The fourth-order valence-corrected chi connectivity index (χ4v) is 4.75. The van der Waals surface area contributed by atoms with E-state index in [1.165, 1.54) is 17.1 Å². The molecule has 0 atom stereocenters. The predicted octanol–water partition coefficient (Wildman–Crippen LogP) is 3.35. The smallest absolute Gasteiger partial charge is 0.321 e. The number of nitrogens with one attached hydrogen (secondary N) is 1. The van der Waals surface area contributed by atoms with E-state index in [1.54, 1.807) is 41.6 Å². The Morgan fingerprint density at radius 2 is 1.79 bits per heavy atom. The summed E-state index contributed by atoms with van der Waals surface area (Å²) in [5, 5.41) is 2.78. The number of sulfonamides is 1. The standard InChI is InChI=1S/C21H28N4O3S/c1-2-3-4-6-18-8-10-20(11-9-18)29(27,28)25-15-13-24(14-16-25)21(26)23-19-7-5-12-22-17-19/h5,7-12,17H,2-4,6,13-16H2,1H3,(H,23,26). The number of unbranched alkanes of at least 4 members (excludes halogenated alkanes) is 2. The van der Waals surface area contributed by atoms with Gasteiger partial charge in [0.15, 0.2) is 0 Å². The first-order chi connectivity index (χ1) is 14.0. The quantitative estimate of drug-likeness (QED) is 0.702. The Hall–Kier alpha value is -2.45. The molecule has 0 unspecified atom stereocenters. The minimum Gasteiger partial charge on any atom is -0.322 e. The maximum Gasteiger partial charge on any atom is 0.321 e. The van der Waals surface area contributed by atoms with Crippen molar-refractivity contribution in [1.29, 1.82) is 0 Å². The summed E-state index contributed by atoms with van der Waals surface area (Å²) < 4.78 is 27.3. The van der Waals surface area contributed by atoms with Crippen LogP contribution in [0.1, 0.15) is 31.7 Å². The van der Waals surface area contributed by atoms with E-state index in [0.29, 0.717) is 23.7 Å². The first-order valence-electron chi connectivity index (χ1n) is 10.1. The number of piperazine rings is 1. The Bertz CT molecular complexity index is 893. The summed E-state index contributed by atoms with van der Waals surface area (Å²) >= 11 is 0. The van der Waals surface area contributed by atoms with Crippen molar-refractivity contribution in [2.24, 2.45) is 0 Å². The SMILES string of the molecule is CCCCCc1ccc(S(=O)(=O)N2CCN(C(=O)Nc3cccnc3)CC2)cc1. The van der Waals surface area contributed by atoms with Gasteiger partial charge in [0.1, 0.15) is 0 Å². The number of anilines is 1. The average molecular weight is 417 g/mol. The third-order valence-electron chi connectivity index (χ3n) is 5.07. The van der Waals surface area contributed by atoms with Crippen LogP contribution in [0, 0.1) is 0 Å². The lowest BCUT2D eigenvalue weighted by Gasteiger charge is -2.34. The van der Waals surface area contributed by atoms with Crippen LogP contribution >= 0.6 is 0 Å². The number of benzene rings is 1. The largest absolute Gasteiger partial charge is 0.322 e. The van der Waals surface area contributed by atoms with E-state index < -0.39 is 10.0 Å². The highest BCUT2D eigenvalue weighted by atomic mass is 32.2. The van der Waals surface area contributed by atoms with Gasteiger partial charge in [-0.15, -0.1) is 0 Å². The van der Waals surface area contributed by atoms with Gasteiger partial charge in [0.25, 0.3) is 0 Å². The molecule has 3 rings (SSSR count). The molecule has 0 spiro atoms. The molecule has 2 amide bonds. The van der Waals surface area contributed by atoms with Gasteiger partial charge < -0.3 is 10.2 Å². The molecule has 1 fully saturated rings. The van der Waals surface area contributed by atoms with Gasteiger partial charge in [-0.05, 0) is 42.7 Å². The van der Waals surface area contributed by atoms with Crippen LogP contribution in [0.25, 0.3) is 0 Å². The molecule has 29 heavy (non-hydrogen) atoms. The van der Waals surface area contributed by atoms with E-state index in [0.717, 1.165) is 18.4 Å². The van der Waals surface area contributed by atoms with Crippen molar-refractivity contribution in [3.05, 3.63) is 54.4 Å². The minimum absolute atomic E-state index is 0.244. The van der Waals surface area contributed by atoms with Crippen LogP contribution in [0.2, 0.25) is 0 Å². The predicted molar refractivity (Wildman–Crippen MR) is 113 cm³/mol. The molecule has 156 valence electrons. The zero-order chi connectivity index (χ0) is 20.7. The molecule has 2 heterocycles. The lowest BCUT2D eigenvalue weighted by Crippen LogP contribution is -2.51. The summed E-state index contributed by atoms with van der Waals surface area (Å²) in [5.74, 6) is 0. The summed E-state index contributed by atoms with van der Waals surface area (Å²) in [5.41, 5.74) is 1.78. The van der Waals surface area contributed by atoms with E-state index in [9.17, 15) is 13.2 Å². The monoisotopic (exact) mass is 416 g/mol. The molecule has 0 saturated carbocycles. The van der Waals surface area contributed by atoms with E-state index in [1.807, 2.05) is 12.1 Å². The van der Waals surface area contributed by atoms with Crippen molar-refractivity contribution in [1.82, 2.24) is 14.2 Å². The summed E-state index contributed by atoms with van der Waals surface area (Å²) in [6.07, 6.45) is 7.64. The number of amides is 2. The second-order valence-electron chi connectivity index (χ2n) is 7.16. The summed E-state index contributed by atoms with van der Waals surface area (Å²) in [6, 6.07) is 10.5. The molecule has 1 aliphatic rings. The molecular formula is C21H28N4O3S. The van der Waals surface area contributed by atoms with Crippen molar-refractivity contribution in [3.63, 3.8) is 0 Å². The highest BCUT2D eigenvalue weighted by molar-refractivity contribution is 7.89. The fraction of sp³-hybridized carbons (Fsp3) is 0.429. The van der Waals surface area contributed by atoms with Crippen LogP contribution < -0.4 is 5.32 Å². The van der Waals surface area contributed by atoms with Gasteiger partial charge in [0.2, 0.25) is 10.0 Å². The second-order valence-corrected chi connectivity index (χ2v) is 9.10. The lowest BCUT2D eigenvalue weighted by atomic mass is 10.1. The third-order valence-corrected chi connectivity index (χ3v) is 6.98. The minimum atomic E-state index is -3.55. The molecule has 2 aromatic rings. The number of carbonyl (C=O) groups is 1. The molecule has 0 aliphatic carbocycles. The van der Waals surface area contributed by atoms with E-state index in [-0.39, 0.29) is 19.1 Å². The summed E-state index contributed by atoms with van der Waals surface area (Å²) in [6.45, 7) is 3.42. The number of urea groups is 1. The van der Waals surface area contributed by atoms with Crippen LogP contribution in [-0.2, 0) is 16.4 Å². The zero-order valence-corrected chi connectivity index (χ0v) is 17.6. The van der Waals surface area contributed by atoms with Crippen molar-refractivity contribution in [2.45, 2.75) is 37.5 Å².